The summed E-state index contributed by atoms with van der Waals surface area (Å²) in [7, 11) is 1.63. The van der Waals surface area contributed by atoms with Crippen molar-refractivity contribution < 1.29 is 9.53 Å². The highest BCUT2D eigenvalue weighted by molar-refractivity contribution is 7.19. The van der Waals surface area contributed by atoms with Gasteiger partial charge in [-0.25, -0.2) is 4.98 Å². The van der Waals surface area contributed by atoms with Crippen LogP contribution in [0.5, 0.6) is 5.75 Å². The van der Waals surface area contributed by atoms with Gasteiger partial charge in [-0.05, 0) is 36.6 Å². The number of hydrogen-bond acceptors (Lipinski definition) is 5. The molecule has 4 aromatic rings. The number of aryl methyl sites for hydroxylation is 1. The fraction of sp³-hybridized carbons (Fsp3) is 0.208. The van der Waals surface area contributed by atoms with Crippen molar-refractivity contribution in [2.75, 3.05) is 13.7 Å². The summed E-state index contributed by atoms with van der Waals surface area (Å²) in [4.78, 5) is 31.8. The second-order valence-corrected chi connectivity index (χ2v) is 8.41. The summed E-state index contributed by atoms with van der Waals surface area (Å²) < 4.78 is 6.53. The second kappa shape index (κ2) is 9.14. The lowest BCUT2D eigenvalue weighted by molar-refractivity contribution is -0.121. The summed E-state index contributed by atoms with van der Waals surface area (Å²) in [5, 5.41) is 3.45. The summed E-state index contributed by atoms with van der Waals surface area (Å²) in [5.74, 6) is 0.582. The Kier molecular flexibility index (Phi) is 6.13. The summed E-state index contributed by atoms with van der Waals surface area (Å²) in [6.45, 7) is 2.42. The van der Waals surface area contributed by atoms with Crippen LogP contribution in [0.3, 0.4) is 0 Å². The number of carbonyl (C=O) groups excluding carboxylic acids is 1. The van der Waals surface area contributed by atoms with Gasteiger partial charge in [0.1, 0.15) is 17.1 Å². The van der Waals surface area contributed by atoms with Crippen molar-refractivity contribution in [3.05, 3.63) is 81.7 Å². The lowest BCUT2D eigenvalue weighted by Gasteiger charge is -2.08. The molecule has 0 fully saturated rings. The summed E-state index contributed by atoms with van der Waals surface area (Å²) in [5.41, 5.74) is 2.78. The molecule has 0 unspecified atom stereocenters. The molecule has 1 amide bonds. The number of thiophene rings is 1. The van der Waals surface area contributed by atoms with E-state index in [0.717, 1.165) is 27.3 Å². The zero-order valence-electron chi connectivity index (χ0n) is 17.4. The average molecular weight is 434 g/mol. The molecule has 2 aromatic heterocycles. The molecule has 0 bridgehead atoms. The Morgan fingerprint density at radius 1 is 1.13 bits per heavy atom. The third-order valence-corrected chi connectivity index (χ3v) is 6.14. The minimum Gasteiger partial charge on any atom is -0.497 e. The monoisotopic (exact) mass is 433 g/mol. The molecule has 31 heavy (non-hydrogen) atoms. The number of carbonyl (C=O) groups is 1. The van der Waals surface area contributed by atoms with Gasteiger partial charge in [0.15, 0.2) is 0 Å². The Labute approximate surface area is 184 Å². The van der Waals surface area contributed by atoms with Crippen LogP contribution in [-0.4, -0.2) is 29.1 Å². The van der Waals surface area contributed by atoms with Gasteiger partial charge in [0.2, 0.25) is 5.91 Å². The van der Waals surface area contributed by atoms with Crippen LogP contribution >= 0.6 is 11.3 Å². The Bertz CT molecular complexity index is 1260. The number of amides is 1. The molecule has 2 aromatic carbocycles. The fourth-order valence-corrected chi connectivity index (χ4v) is 4.55. The highest BCUT2D eigenvalue weighted by Gasteiger charge is 2.17. The SMILES string of the molecule is COc1ccc(CCNC(=O)Cn2cnc3sc(C)c(-c4ccccc4)c3c2=O)cc1. The highest BCUT2D eigenvalue weighted by Crippen LogP contribution is 2.35. The molecule has 0 aliphatic carbocycles. The quantitative estimate of drug-likeness (QED) is 0.481. The van der Waals surface area contributed by atoms with Crippen LogP contribution in [0, 0.1) is 6.92 Å². The number of hydrogen-bond donors (Lipinski definition) is 1. The van der Waals surface area contributed by atoms with E-state index in [0.29, 0.717) is 23.2 Å². The molecule has 0 atom stereocenters. The largest absolute Gasteiger partial charge is 0.497 e. The van der Waals surface area contributed by atoms with Gasteiger partial charge in [-0.15, -0.1) is 11.3 Å². The number of methoxy groups -OCH3 is 1. The minimum atomic E-state index is -0.218. The molecule has 0 radical (unpaired) electrons. The predicted octanol–water partition coefficient (Wildman–Crippen LogP) is 3.80. The van der Waals surface area contributed by atoms with Crippen LogP contribution in [0.25, 0.3) is 21.3 Å². The van der Waals surface area contributed by atoms with Gasteiger partial charge in [-0.3, -0.25) is 14.2 Å². The molecule has 0 aliphatic rings. The molecular weight excluding hydrogens is 410 g/mol. The first-order valence-electron chi connectivity index (χ1n) is 10.0. The lowest BCUT2D eigenvalue weighted by atomic mass is 10.0. The topological polar surface area (TPSA) is 73.2 Å². The van der Waals surface area contributed by atoms with Crippen LogP contribution in [0.4, 0.5) is 0 Å². The molecule has 4 rings (SSSR count). The number of benzene rings is 2. The summed E-state index contributed by atoms with van der Waals surface area (Å²) >= 11 is 1.50. The summed E-state index contributed by atoms with van der Waals surface area (Å²) in [6.07, 6.45) is 2.15. The van der Waals surface area contributed by atoms with Gasteiger partial charge in [0, 0.05) is 17.0 Å². The number of nitrogens with zero attached hydrogens (tertiary/aromatic N) is 2. The summed E-state index contributed by atoms with van der Waals surface area (Å²) in [6, 6.07) is 17.5. The number of rotatable bonds is 7. The molecule has 1 N–H and O–H groups in total. The van der Waals surface area contributed by atoms with Crippen LogP contribution in [-0.2, 0) is 17.8 Å². The number of aromatic nitrogens is 2. The first-order valence-corrected chi connectivity index (χ1v) is 10.8. The van der Waals surface area contributed by atoms with Crippen molar-refractivity contribution in [1.82, 2.24) is 14.9 Å². The maximum absolute atomic E-state index is 13.2. The average Bonchev–Trinajstić information content (AvgIpc) is 3.13. The van der Waals surface area contributed by atoms with E-state index >= 15 is 0 Å². The fourth-order valence-electron chi connectivity index (χ4n) is 3.55. The van der Waals surface area contributed by atoms with E-state index in [-0.39, 0.29) is 18.0 Å². The zero-order valence-corrected chi connectivity index (χ0v) is 18.2. The smallest absolute Gasteiger partial charge is 0.263 e. The molecule has 7 heteroatoms. The number of ether oxygens (including phenoxy) is 1. The van der Waals surface area contributed by atoms with E-state index in [1.807, 2.05) is 61.5 Å². The number of nitrogens with one attached hydrogen (secondary N) is 1. The van der Waals surface area contributed by atoms with Gasteiger partial charge < -0.3 is 10.1 Å². The van der Waals surface area contributed by atoms with Gasteiger partial charge in [-0.1, -0.05) is 42.5 Å². The maximum atomic E-state index is 13.2. The van der Waals surface area contributed by atoms with Gasteiger partial charge in [0.05, 0.1) is 18.8 Å². The Morgan fingerprint density at radius 2 is 1.87 bits per heavy atom. The second-order valence-electron chi connectivity index (χ2n) is 7.21. The van der Waals surface area contributed by atoms with E-state index < -0.39 is 0 Å². The number of fused-ring (bicyclic) bond motifs is 1. The highest BCUT2D eigenvalue weighted by atomic mass is 32.1. The third-order valence-electron chi connectivity index (χ3n) is 5.13. The Hall–Kier alpha value is -3.45. The lowest BCUT2D eigenvalue weighted by Crippen LogP contribution is -2.33. The molecule has 0 saturated carbocycles. The minimum absolute atomic E-state index is 0.0620. The maximum Gasteiger partial charge on any atom is 0.263 e. The van der Waals surface area contributed by atoms with Crippen molar-refractivity contribution >= 4 is 27.5 Å². The first-order chi connectivity index (χ1) is 15.1. The van der Waals surface area contributed by atoms with Crippen LogP contribution < -0.4 is 15.6 Å². The van der Waals surface area contributed by atoms with Gasteiger partial charge in [-0.2, -0.15) is 0 Å². The third kappa shape index (κ3) is 4.51. The standard InChI is InChI=1S/C24H23N3O3S/c1-16-21(18-6-4-3-5-7-18)22-23(31-16)26-15-27(24(22)29)14-20(28)25-13-12-17-8-10-19(30-2)11-9-17/h3-11,15H,12-14H2,1-2H3,(H,25,28). The van der Waals surface area contributed by atoms with Crippen molar-refractivity contribution in [2.24, 2.45) is 0 Å². The van der Waals surface area contributed by atoms with E-state index in [1.54, 1.807) is 7.11 Å². The van der Waals surface area contributed by atoms with E-state index in [1.165, 1.54) is 22.2 Å². The molecule has 158 valence electrons. The van der Waals surface area contributed by atoms with E-state index in [4.69, 9.17) is 4.74 Å². The van der Waals surface area contributed by atoms with Crippen molar-refractivity contribution in [2.45, 2.75) is 19.9 Å². The van der Waals surface area contributed by atoms with Gasteiger partial charge >= 0.3 is 0 Å². The normalized spacial score (nSPS) is 10.9. The van der Waals surface area contributed by atoms with Crippen LogP contribution in [0.15, 0.2) is 65.7 Å². The van der Waals surface area contributed by atoms with Crippen molar-refractivity contribution in [1.29, 1.82) is 0 Å². The predicted molar refractivity (Wildman–Crippen MR) is 124 cm³/mol. The van der Waals surface area contributed by atoms with Crippen LogP contribution in [0.2, 0.25) is 0 Å². The van der Waals surface area contributed by atoms with Crippen LogP contribution in [0.1, 0.15) is 10.4 Å². The van der Waals surface area contributed by atoms with E-state index in [9.17, 15) is 9.59 Å². The molecule has 0 saturated heterocycles. The molecule has 0 spiro atoms. The molecule has 2 heterocycles. The van der Waals surface area contributed by atoms with Gasteiger partial charge in [0.25, 0.3) is 5.56 Å². The first kappa shape index (κ1) is 20.8. The molecule has 0 aliphatic heterocycles. The molecule has 6 nitrogen and oxygen atoms in total. The zero-order chi connectivity index (χ0) is 21.8. The van der Waals surface area contributed by atoms with E-state index in [2.05, 4.69) is 10.3 Å². The molecular formula is C24H23N3O3S. The Balaban J connectivity index is 1.48. The van der Waals surface area contributed by atoms with Crippen molar-refractivity contribution in [3.8, 4) is 16.9 Å². The van der Waals surface area contributed by atoms with Crippen molar-refractivity contribution in [3.63, 3.8) is 0 Å². The Morgan fingerprint density at radius 3 is 2.58 bits per heavy atom.